The number of pyridine rings is 3. The van der Waals surface area contributed by atoms with Crippen LogP contribution in [0.15, 0.2) is 34.7 Å². The van der Waals surface area contributed by atoms with E-state index in [2.05, 4.69) is 20.3 Å². The van der Waals surface area contributed by atoms with E-state index in [0.29, 0.717) is 35.7 Å². The molecule has 0 bridgehead atoms. The molecule has 0 fully saturated rings. The van der Waals surface area contributed by atoms with Crippen molar-refractivity contribution in [2.75, 3.05) is 0 Å². The zero-order valence-electron chi connectivity index (χ0n) is 23.4. The highest BCUT2D eigenvalue weighted by Gasteiger charge is 2.29. The van der Waals surface area contributed by atoms with E-state index in [1.54, 1.807) is 19.2 Å². The lowest BCUT2D eigenvalue weighted by Gasteiger charge is -2.22. The van der Waals surface area contributed by atoms with Gasteiger partial charge in [0.2, 0.25) is 5.91 Å². The molecule has 0 saturated heterocycles. The summed E-state index contributed by atoms with van der Waals surface area (Å²) in [5, 5.41) is 4.34. The van der Waals surface area contributed by atoms with Crippen LogP contribution in [0.2, 0.25) is 5.02 Å². The van der Waals surface area contributed by atoms with Crippen LogP contribution in [0.5, 0.6) is 5.75 Å². The second-order valence-corrected chi connectivity index (χ2v) is 10.9. The number of carbonyl (C=O) groups is 1. The Morgan fingerprint density at radius 2 is 2.02 bits per heavy atom. The molecule has 0 spiro atoms. The molecule has 0 unspecified atom stereocenters. The van der Waals surface area contributed by atoms with Gasteiger partial charge in [-0.15, -0.1) is 11.3 Å². The van der Waals surface area contributed by atoms with Crippen LogP contribution in [0.3, 0.4) is 0 Å². The minimum Gasteiger partial charge on any atom is -0.485 e. The first kappa shape index (κ1) is 25.2. The third-order valence-corrected chi connectivity index (χ3v) is 7.71. The number of aromatic nitrogens is 4. The van der Waals surface area contributed by atoms with Gasteiger partial charge in [-0.05, 0) is 38.7 Å². The average molecular weight is 592 g/mol. The fourth-order valence-corrected chi connectivity index (χ4v) is 5.51. The van der Waals surface area contributed by atoms with Gasteiger partial charge in [0.15, 0.2) is 11.6 Å². The van der Waals surface area contributed by atoms with Crippen LogP contribution < -0.4 is 15.6 Å². The number of halogens is 4. The Bertz CT molecular complexity index is 1800. The minimum absolute atomic E-state index is 0.0733. The molecule has 0 saturated carbocycles. The van der Waals surface area contributed by atoms with Crippen molar-refractivity contribution >= 4 is 28.8 Å². The van der Waals surface area contributed by atoms with Gasteiger partial charge < -0.3 is 10.1 Å². The summed E-state index contributed by atoms with van der Waals surface area (Å²) in [4.78, 5) is 37.4. The highest BCUT2D eigenvalue weighted by atomic mass is 35.5. The van der Waals surface area contributed by atoms with Crippen molar-refractivity contribution in [1.29, 1.82) is 0 Å². The van der Waals surface area contributed by atoms with Crippen LogP contribution in [-0.4, -0.2) is 25.4 Å². The van der Waals surface area contributed by atoms with Gasteiger partial charge in [-0.1, -0.05) is 11.6 Å². The van der Waals surface area contributed by atoms with E-state index in [1.807, 2.05) is 0 Å². The molecule has 1 N–H and O–H groups in total. The molecule has 13 heteroatoms. The number of amides is 1. The molecule has 40 heavy (non-hydrogen) atoms. The number of hydrogen-bond donors (Lipinski definition) is 1. The highest BCUT2D eigenvalue weighted by molar-refractivity contribution is 7.10. The zero-order valence-corrected chi connectivity index (χ0v) is 23.0. The molecule has 208 valence electrons. The zero-order chi connectivity index (χ0) is 30.6. The van der Waals surface area contributed by atoms with Gasteiger partial charge in [-0.25, -0.2) is 18.2 Å². The van der Waals surface area contributed by atoms with E-state index in [4.69, 9.17) is 19.1 Å². The van der Waals surface area contributed by atoms with Crippen LogP contribution in [0.4, 0.5) is 13.2 Å². The number of ether oxygens (including phenoxy) is 1. The highest BCUT2D eigenvalue weighted by Crippen LogP contribution is 2.35. The average Bonchev–Trinajstić information content (AvgIpc) is 3.30. The quantitative estimate of drug-likeness (QED) is 0.328. The Morgan fingerprint density at radius 1 is 1.25 bits per heavy atom. The van der Waals surface area contributed by atoms with Gasteiger partial charge >= 0.3 is 0 Å². The van der Waals surface area contributed by atoms with Crippen molar-refractivity contribution in [3.63, 3.8) is 0 Å². The summed E-state index contributed by atoms with van der Waals surface area (Å²) in [5.74, 6) is -3.78. The van der Waals surface area contributed by atoms with Gasteiger partial charge in [0.1, 0.15) is 45.2 Å². The fourth-order valence-electron chi connectivity index (χ4n) is 4.45. The van der Waals surface area contributed by atoms with E-state index in [9.17, 15) is 18.4 Å². The van der Waals surface area contributed by atoms with Crippen LogP contribution in [-0.2, 0) is 29.7 Å². The first-order valence-electron chi connectivity index (χ1n) is 13.1. The third kappa shape index (κ3) is 5.20. The predicted molar refractivity (Wildman–Crippen MR) is 143 cm³/mol. The van der Waals surface area contributed by atoms with Crippen molar-refractivity contribution in [2.45, 2.75) is 52.1 Å². The number of nitrogens with zero attached hydrogens (tertiary/aromatic N) is 4. The first-order valence-corrected chi connectivity index (χ1v) is 13.3. The van der Waals surface area contributed by atoms with Gasteiger partial charge in [-0.2, -0.15) is 0 Å². The number of hydrogen-bond acceptors (Lipinski definition) is 7. The molecule has 1 aliphatic rings. The molecule has 0 aliphatic carbocycles. The molecule has 8 nitrogen and oxygen atoms in total. The summed E-state index contributed by atoms with van der Waals surface area (Å²) < 4.78 is 66.6. The summed E-state index contributed by atoms with van der Waals surface area (Å²) in [7, 11) is 0. The number of aryl methyl sites for hydroxylation is 2. The Kier molecular flexibility index (Phi) is 6.72. The second-order valence-electron chi connectivity index (χ2n) is 9.63. The summed E-state index contributed by atoms with van der Waals surface area (Å²) in [5.41, 5.74) is -1.81. The van der Waals surface area contributed by atoms with Crippen molar-refractivity contribution in [1.82, 2.24) is 24.8 Å². The molecule has 4 aromatic heterocycles. The van der Waals surface area contributed by atoms with E-state index < -0.39 is 51.6 Å². The maximum atomic E-state index is 16.3. The number of fused-ring (bicyclic) bond motifs is 3. The van der Waals surface area contributed by atoms with Crippen molar-refractivity contribution in [2.24, 2.45) is 0 Å². The molecule has 1 amide bonds. The SMILES string of the molecule is [2H]C([2H])(Oc1cc2n(c(=O)c1Cl)-c1c(cnc(-c3csc(C(C)(C)NC(C)=O)n3)c1F)CCC2)c1ncc(F)cc1F. The predicted octanol–water partition coefficient (Wildman–Crippen LogP) is 5.26. The van der Waals surface area contributed by atoms with Crippen molar-refractivity contribution < 1.29 is 25.4 Å². The van der Waals surface area contributed by atoms with Gasteiger partial charge in [0.25, 0.3) is 5.56 Å². The molecule has 0 aromatic carbocycles. The molecule has 1 aliphatic heterocycles. The van der Waals surface area contributed by atoms with Crippen molar-refractivity contribution in [3.05, 3.63) is 84.7 Å². The van der Waals surface area contributed by atoms with E-state index >= 15 is 4.39 Å². The molecular weight excluding hydrogens is 567 g/mol. The molecular formula is C27H23ClF3N5O3S. The Morgan fingerprint density at radius 3 is 2.75 bits per heavy atom. The summed E-state index contributed by atoms with van der Waals surface area (Å²) in [6, 6.07) is 1.74. The van der Waals surface area contributed by atoms with Gasteiger partial charge in [0, 0.05) is 36.3 Å². The Hall–Kier alpha value is -3.77. The maximum Gasteiger partial charge on any atom is 0.278 e. The minimum atomic E-state index is -2.93. The van der Waals surface area contributed by atoms with Crippen LogP contribution in [0.1, 0.15) is 51.9 Å². The number of nitrogens with one attached hydrogen (secondary N) is 1. The normalized spacial score (nSPS) is 14.0. The van der Waals surface area contributed by atoms with Crippen LogP contribution >= 0.6 is 22.9 Å². The molecule has 4 aromatic rings. The van der Waals surface area contributed by atoms with E-state index in [0.717, 1.165) is 4.57 Å². The summed E-state index contributed by atoms with van der Waals surface area (Å²) in [6.45, 7) is 1.98. The molecule has 0 atom stereocenters. The van der Waals surface area contributed by atoms with Crippen LogP contribution in [0.25, 0.3) is 17.1 Å². The van der Waals surface area contributed by atoms with Crippen molar-refractivity contribution in [3.8, 4) is 22.8 Å². The van der Waals surface area contributed by atoms with Gasteiger partial charge in [-0.3, -0.25) is 24.1 Å². The standard InChI is InChI=1S/C27H23ClF3N5O3S/c1-13(37)35-27(2,3)26-34-19(12-40-26)23-22(31)24-14(9-33-23)5-4-6-16-8-20(21(28)25(38)36(16)24)39-11-18-17(30)7-15(29)10-32-18/h7-10,12H,4-6,11H2,1-3H3,(H,35,37)/i11D2. The number of carbonyl (C=O) groups excluding carboxylic acids is 1. The molecule has 0 radical (unpaired) electrons. The Balaban J connectivity index is 1.59. The monoisotopic (exact) mass is 591 g/mol. The second kappa shape index (κ2) is 10.7. The summed E-state index contributed by atoms with van der Waals surface area (Å²) >= 11 is 7.55. The molecule has 5 rings (SSSR count). The maximum absolute atomic E-state index is 16.3. The third-order valence-electron chi connectivity index (χ3n) is 6.20. The Labute approximate surface area is 238 Å². The molecule has 5 heterocycles. The fraction of sp³-hybridized carbons (Fsp3) is 0.296. The number of thiazole rings is 1. The largest absolute Gasteiger partial charge is 0.485 e. The van der Waals surface area contributed by atoms with E-state index in [-0.39, 0.29) is 35.1 Å². The first-order chi connectivity index (χ1) is 19.7. The summed E-state index contributed by atoms with van der Waals surface area (Å²) in [6.07, 6.45) is 3.22. The lowest BCUT2D eigenvalue weighted by Crippen LogP contribution is -2.39. The van der Waals surface area contributed by atoms with Gasteiger partial charge in [0.05, 0.1) is 20.2 Å². The number of rotatable bonds is 6. The van der Waals surface area contributed by atoms with Crippen LogP contribution in [0, 0.1) is 17.5 Å². The van der Waals surface area contributed by atoms with E-state index in [1.165, 1.54) is 30.5 Å². The smallest absolute Gasteiger partial charge is 0.278 e. The topological polar surface area (TPSA) is 99.0 Å². The lowest BCUT2D eigenvalue weighted by atomic mass is 10.1. The lowest BCUT2D eigenvalue weighted by molar-refractivity contribution is -0.120.